The third kappa shape index (κ3) is 2.92. The van der Waals surface area contributed by atoms with Gasteiger partial charge in [0, 0.05) is 18.5 Å². The molecule has 1 heterocycles. The van der Waals surface area contributed by atoms with Crippen molar-refractivity contribution in [2.24, 2.45) is 5.73 Å². The highest BCUT2D eigenvalue weighted by atomic mass is 32.1. The van der Waals surface area contributed by atoms with Crippen molar-refractivity contribution in [1.82, 2.24) is 4.90 Å². The molecule has 13 heavy (non-hydrogen) atoms. The second-order valence-electron chi connectivity index (χ2n) is 3.96. The van der Waals surface area contributed by atoms with Crippen LogP contribution in [0.2, 0.25) is 0 Å². The molecule has 2 nitrogen and oxygen atoms in total. The quantitative estimate of drug-likeness (QED) is 0.703. The monoisotopic (exact) mass is 200 g/mol. The second kappa shape index (κ2) is 4.91. The maximum absolute atomic E-state index is 5.59. The van der Waals surface area contributed by atoms with Crippen LogP contribution >= 0.6 is 12.2 Å². The van der Waals surface area contributed by atoms with Gasteiger partial charge in [-0.3, -0.25) is 4.90 Å². The Bertz CT molecular complexity index is 182. The second-order valence-corrected chi connectivity index (χ2v) is 4.49. The van der Waals surface area contributed by atoms with Gasteiger partial charge in [-0.1, -0.05) is 19.1 Å². The van der Waals surface area contributed by atoms with E-state index in [-0.39, 0.29) is 0 Å². The van der Waals surface area contributed by atoms with E-state index in [0.717, 1.165) is 18.9 Å². The zero-order valence-electron chi connectivity index (χ0n) is 8.62. The molecule has 2 N–H and O–H groups in total. The van der Waals surface area contributed by atoms with Gasteiger partial charge in [0.2, 0.25) is 0 Å². The molecule has 0 spiro atoms. The molecule has 1 aliphatic rings. The molecular formula is C10H20N2S. The highest BCUT2D eigenvalue weighted by Gasteiger charge is 2.26. The Morgan fingerprint density at radius 2 is 2.38 bits per heavy atom. The number of rotatable bonds is 4. The number of hydrogen-bond acceptors (Lipinski definition) is 2. The predicted octanol–water partition coefficient (Wildman–Crippen LogP) is 1.93. The van der Waals surface area contributed by atoms with Gasteiger partial charge in [0.05, 0.1) is 4.99 Å². The smallest absolute Gasteiger partial charge is 0.0743 e. The van der Waals surface area contributed by atoms with Crippen molar-refractivity contribution in [3.05, 3.63) is 0 Å². The first-order valence-corrected chi connectivity index (χ1v) is 5.60. The molecule has 3 heteroatoms. The van der Waals surface area contributed by atoms with Gasteiger partial charge in [-0.15, -0.1) is 0 Å². The Morgan fingerprint density at radius 1 is 1.69 bits per heavy atom. The number of thiocarbonyl (C=S) groups is 1. The highest BCUT2D eigenvalue weighted by Crippen LogP contribution is 2.22. The first kappa shape index (κ1) is 10.9. The average Bonchev–Trinajstić information content (AvgIpc) is 2.47. The van der Waals surface area contributed by atoms with Crippen molar-refractivity contribution in [1.29, 1.82) is 0 Å². The Balaban J connectivity index is 2.49. The van der Waals surface area contributed by atoms with Crippen LogP contribution in [0.4, 0.5) is 0 Å². The van der Waals surface area contributed by atoms with E-state index in [4.69, 9.17) is 18.0 Å². The number of nitrogens with zero attached hydrogens (tertiary/aromatic N) is 1. The number of likely N-dealkylation sites (tertiary alicyclic amines) is 1. The van der Waals surface area contributed by atoms with Gasteiger partial charge in [-0.05, 0) is 32.7 Å². The van der Waals surface area contributed by atoms with Crippen molar-refractivity contribution in [2.75, 3.05) is 6.54 Å². The van der Waals surface area contributed by atoms with Gasteiger partial charge in [-0.25, -0.2) is 0 Å². The fraction of sp³-hybridized carbons (Fsp3) is 0.900. The van der Waals surface area contributed by atoms with E-state index in [1.807, 2.05) is 0 Å². The molecule has 0 aromatic carbocycles. The Hall–Kier alpha value is -0.150. The molecule has 0 aliphatic carbocycles. The van der Waals surface area contributed by atoms with Gasteiger partial charge in [0.25, 0.3) is 0 Å². The fourth-order valence-corrected chi connectivity index (χ4v) is 2.42. The van der Waals surface area contributed by atoms with Crippen LogP contribution in [0.5, 0.6) is 0 Å². The summed E-state index contributed by atoms with van der Waals surface area (Å²) in [5, 5.41) is 0. The van der Waals surface area contributed by atoms with E-state index in [2.05, 4.69) is 18.7 Å². The van der Waals surface area contributed by atoms with E-state index in [9.17, 15) is 0 Å². The summed E-state index contributed by atoms with van der Waals surface area (Å²) in [7, 11) is 0. The average molecular weight is 200 g/mol. The first-order chi connectivity index (χ1) is 6.15. The summed E-state index contributed by atoms with van der Waals surface area (Å²) < 4.78 is 0. The maximum Gasteiger partial charge on any atom is 0.0743 e. The van der Waals surface area contributed by atoms with Gasteiger partial charge in [-0.2, -0.15) is 0 Å². The highest BCUT2D eigenvalue weighted by molar-refractivity contribution is 7.80. The number of hydrogen-bond donors (Lipinski definition) is 1. The summed E-state index contributed by atoms with van der Waals surface area (Å²) in [6, 6.07) is 1.30. The third-order valence-corrected chi connectivity index (χ3v) is 3.15. The van der Waals surface area contributed by atoms with Gasteiger partial charge in [0.1, 0.15) is 0 Å². The van der Waals surface area contributed by atoms with Gasteiger partial charge >= 0.3 is 0 Å². The van der Waals surface area contributed by atoms with Gasteiger partial charge < -0.3 is 5.73 Å². The summed E-state index contributed by atoms with van der Waals surface area (Å²) >= 11 is 4.96. The van der Waals surface area contributed by atoms with Crippen LogP contribution in [0, 0.1) is 0 Å². The molecule has 1 rings (SSSR count). The van der Waals surface area contributed by atoms with Crippen LogP contribution in [0.3, 0.4) is 0 Å². The summed E-state index contributed by atoms with van der Waals surface area (Å²) in [6.07, 6.45) is 4.70. The molecule has 1 fully saturated rings. The van der Waals surface area contributed by atoms with E-state index >= 15 is 0 Å². The van der Waals surface area contributed by atoms with Crippen molar-refractivity contribution < 1.29 is 0 Å². The van der Waals surface area contributed by atoms with Crippen LogP contribution in [0.1, 0.15) is 39.5 Å². The van der Waals surface area contributed by atoms with E-state index in [1.165, 1.54) is 19.4 Å². The molecule has 2 unspecified atom stereocenters. The molecular weight excluding hydrogens is 180 g/mol. The lowest BCUT2D eigenvalue weighted by Gasteiger charge is -2.30. The van der Waals surface area contributed by atoms with Crippen LogP contribution in [-0.2, 0) is 0 Å². The Morgan fingerprint density at radius 3 is 2.77 bits per heavy atom. The lowest BCUT2D eigenvalue weighted by atomic mass is 10.1. The Labute approximate surface area is 86.5 Å². The van der Waals surface area contributed by atoms with Crippen LogP contribution < -0.4 is 5.73 Å². The predicted molar refractivity (Wildman–Crippen MR) is 60.9 cm³/mol. The third-order valence-electron chi connectivity index (χ3n) is 2.98. The molecule has 1 aliphatic heterocycles. The largest absolute Gasteiger partial charge is 0.393 e. The SMILES string of the molecule is CCC(CC(N)=S)N1CCCC1C. The topological polar surface area (TPSA) is 29.3 Å². The van der Waals surface area contributed by atoms with Crippen molar-refractivity contribution in [2.45, 2.75) is 51.6 Å². The zero-order chi connectivity index (χ0) is 9.84. The molecule has 0 radical (unpaired) electrons. The molecule has 0 saturated carbocycles. The minimum absolute atomic E-state index is 0.579. The first-order valence-electron chi connectivity index (χ1n) is 5.19. The molecule has 0 aromatic heterocycles. The molecule has 2 atom stereocenters. The lowest BCUT2D eigenvalue weighted by molar-refractivity contribution is 0.189. The minimum atomic E-state index is 0.579. The van der Waals surface area contributed by atoms with Gasteiger partial charge in [0.15, 0.2) is 0 Å². The van der Waals surface area contributed by atoms with Crippen molar-refractivity contribution in [3.8, 4) is 0 Å². The van der Waals surface area contributed by atoms with Crippen molar-refractivity contribution >= 4 is 17.2 Å². The van der Waals surface area contributed by atoms with Crippen LogP contribution in [-0.4, -0.2) is 28.5 Å². The number of nitrogens with two attached hydrogens (primary N) is 1. The molecule has 76 valence electrons. The van der Waals surface area contributed by atoms with Crippen molar-refractivity contribution in [3.63, 3.8) is 0 Å². The fourth-order valence-electron chi connectivity index (χ4n) is 2.23. The summed E-state index contributed by atoms with van der Waals surface area (Å²) in [5.74, 6) is 0. The van der Waals surface area contributed by atoms with E-state index in [0.29, 0.717) is 11.0 Å². The van der Waals surface area contributed by atoms with Crippen LogP contribution in [0.25, 0.3) is 0 Å². The van der Waals surface area contributed by atoms with E-state index < -0.39 is 0 Å². The molecule has 1 saturated heterocycles. The molecule has 0 bridgehead atoms. The molecule has 0 amide bonds. The lowest BCUT2D eigenvalue weighted by Crippen LogP contribution is -2.39. The zero-order valence-corrected chi connectivity index (χ0v) is 9.44. The summed E-state index contributed by atoms with van der Waals surface area (Å²) in [4.78, 5) is 3.21. The van der Waals surface area contributed by atoms with Crippen LogP contribution in [0.15, 0.2) is 0 Å². The standard InChI is InChI=1S/C10H20N2S/c1-3-9(7-10(11)13)12-6-4-5-8(12)2/h8-9H,3-7H2,1-2H3,(H2,11,13). The summed E-state index contributed by atoms with van der Waals surface area (Å²) in [5.41, 5.74) is 5.59. The Kier molecular flexibility index (Phi) is 4.13. The van der Waals surface area contributed by atoms with E-state index in [1.54, 1.807) is 0 Å². The minimum Gasteiger partial charge on any atom is -0.393 e. The summed E-state index contributed by atoms with van der Waals surface area (Å²) in [6.45, 7) is 5.74. The maximum atomic E-state index is 5.59. The molecule has 0 aromatic rings. The normalized spacial score (nSPS) is 26.2.